The van der Waals surface area contributed by atoms with Crippen molar-refractivity contribution in [3.63, 3.8) is 0 Å². The van der Waals surface area contributed by atoms with E-state index in [9.17, 15) is 19.3 Å². The number of amides is 2. The van der Waals surface area contributed by atoms with Crippen molar-refractivity contribution in [3.05, 3.63) is 54.9 Å². The van der Waals surface area contributed by atoms with E-state index in [2.05, 4.69) is 17.0 Å². The minimum Gasteiger partial charge on any atom is -0.462 e. The standard InChI is InChI=1S/C22H28ClFN3O8P/c1-13(2)33-19(29)15(4)26-36(31,35-16-8-6-5-7-9-16)32-12-17-18(28)22(23,24)20(34-17)27-11-10-14(3)25-21(27)30/h5-11,13,15,17-18,20,28H,3,12H2,1-2,4H3,(H,25,30)(H,26,31)/t15-,17+,18+,20+,22+,36?/m0/s1. The number of benzene rings is 1. The summed E-state index contributed by atoms with van der Waals surface area (Å²) in [5, 5.41) is 12.4. The smallest absolute Gasteiger partial charge is 0.459 e. The van der Waals surface area contributed by atoms with Gasteiger partial charge in [-0.15, -0.1) is 0 Å². The first-order valence-electron chi connectivity index (χ1n) is 11.0. The number of alkyl halides is 2. The van der Waals surface area contributed by atoms with Gasteiger partial charge < -0.3 is 24.4 Å². The number of carbonyl (C=O) groups is 2. The molecule has 0 aliphatic carbocycles. The highest BCUT2D eigenvalue weighted by molar-refractivity contribution is 7.52. The van der Waals surface area contributed by atoms with E-state index in [-0.39, 0.29) is 11.4 Å². The van der Waals surface area contributed by atoms with E-state index in [1.54, 1.807) is 32.0 Å². The van der Waals surface area contributed by atoms with Gasteiger partial charge in [0.2, 0.25) is 0 Å². The van der Waals surface area contributed by atoms with Crippen molar-refractivity contribution in [2.75, 3.05) is 6.61 Å². The van der Waals surface area contributed by atoms with Gasteiger partial charge in [0.15, 0.2) is 6.23 Å². The number of halogens is 2. The third-order valence-corrected chi connectivity index (χ3v) is 7.06. The SMILES string of the molecule is C=C1C=CN([C@@H]2O[C@H](COP(=O)(N[C@@H](C)C(=O)OC(C)C)Oc3ccccc3)[C@@H](O)[C@]2(F)Cl)C(=O)N1. The van der Waals surface area contributed by atoms with Crippen molar-refractivity contribution in [3.8, 4) is 5.75 Å². The molecule has 2 amide bonds. The van der Waals surface area contributed by atoms with E-state index in [0.29, 0.717) is 0 Å². The molecule has 1 aromatic rings. The fourth-order valence-electron chi connectivity index (χ4n) is 3.28. The van der Waals surface area contributed by atoms with Gasteiger partial charge in [0.05, 0.1) is 12.7 Å². The summed E-state index contributed by atoms with van der Waals surface area (Å²) in [4.78, 5) is 25.3. The number of nitrogens with one attached hydrogen (secondary N) is 2. The molecular weight excluding hydrogens is 520 g/mol. The zero-order chi connectivity index (χ0) is 26.7. The van der Waals surface area contributed by atoms with Gasteiger partial charge in [0.1, 0.15) is 24.0 Å². The Morgan fingerprint density at radius 2 is 2.06 bits per heavy atom. The van der Waals surface area contributed by atoms with E-state index in [4.69, 9.17) is 30.1 Å². The Bertz CT molecular complexity index is 1060. The number of carbonyl (C=O) groups excluding carboxylic acids is 2. The van der Waals surface area contributed by atoms with Crippen molar-refractivity contribution in [2.24, 2.45) is 0 Å². The number of allylic oxidation sites excluding steroid dienone is 1. The van der Waals surface area contributed by atoms with Crippen molar-refractivity contribution in [1.29, 1.82) is 0 Å². The maximum absolute atomic E-state index is 15.3. The molecule has 0 saturated carbocycles. The summed E-state index contributed by atoms with van der Waals surface area (Å²) in [7, 11) is -4.31. The van der Waals surface area contributed by atoms with Crippen LogP contribution in [0.25, 0.3) is 0 Å². The lowest BCUT2D eigenvalue weighted by Gasteiger charge is -2.32. The number of esters is 1. The van der Waals surface area contributed by atoms with Crippen LogP contribution in [0.4, 0.5) is 9.18 Å². The summed E-state index contributed by atoms with van der Waals surface area (Å²) in [6.07, 6.45) is -3.02. The van der Waals surface area contributed by atoms with E-state index in [1.165, 1.54) is 31.3 Å². The molecule has 3 N–H and O–H groups in total. The van der Waals surface area contributed by atoms with Crippen LogP contribution >= 0.6 is 19.3 Å². The number of urea groups is 1. The van der Waals surface area contributed by atoms with Crippen molar-refractivity contribution in [1.82, 2.24) is 15.3 Å². The molecule has 2 aliphatic rings. The van der Waals surface area contributed by atoms with Gasteiger partial charge in [-0.2, -0.15) is 5.09 Å². The van der Waals surface area contributed by atoms with Crippen molar-refractivity contribution >= 4 is 31.3 Å². The largest absolute Gasteiger partial charge is 0.462 e. The van der Waals surface area contributed by atoms with Crippen LogP contribution in [-0.4, -0.2) is 64.3 Å². The zero-order valence-corrected chi connectivity index (χ0v) is 21.4. The molecule has 0 bridgehead atoms. The third-order valence-electron chi connectivity index (χ3n) is 5.01. The topological polar surface area (TPSA) is 136 Å². The number of aliphatic hydroxyl groups excluding tert-OH is 1. The van der Waals surface area contributed by atoms with Crippen LogP contribution in [0.2, 0.25) is 0 Å². The summed E-state index contributed by atoms with van der Waals surface area (Å²) >= 11 is 5.92. The Kier molecular flexibility index (Phi) is 8.81. The van der Waals surface area contributed by atoms with Crippen LogP contribution in [0.3, 0.4) is 0 Å². The maximum atomic E-state index is 15.3. The van der Waals surface area contributed by atoms with Crippen LogP contribution in [0.15, 0.2) is 54.9 Å². The van der Waals surface area contributed by atoms with Crippen LogP contribution in [-0.2, 0) is 23.4 Å². The predicted octanol–water partition coefficient (Wildman–Crippen LogP) is 3.16. The lowest BCUT2D eigenvalue weighted by molar-refractivity contribution is -0.149. The summed E-state index contributed by atoms with van der Waals surface area (Å²) in [5.41, 5.74) is 0.267. The Morgan fingerprint density at radius 1 is 1.39 bits per heavy atom. The molecule has 3 rings (SSSR count). The quantitative estimate of drug-likeness (QED) is 0.229. The molecule has 11 nitrogen and oxygen atoms in total. The van der Waals surface area contributed by atoms with E-state index < -0.39 is 62.1 Å². The molecule has 2 heterocycles. The van der Waals surface area contributed by atoms with Gasteiger partial charge in [-0.05, 0) is 39.0 Å². The molecule has 1 unspecified atom stereocenters. The Labute approximate surface area is 212 Å². The number of hydrogen-bond acceptors (Lipinski definition) is 8. The molecule has 1 fully saturated rings. The van der Waals surface area contributed by atoms with Gasteiger partial charge in [-0.3, -0.25) is 14.2 Å². The van der Waals surface area contributed by atoms with Crippen LogP contribution < -0.4 is 14.9 Å². The molecule has 14 heteroatoms. The average molecular weight is 548 g/mol. The second-order valence-electron chi connectivity index (χ2n) is 8.36. The number of ether oxygens (including phenoxy) is 2. The van der Waals surface area contributed by atoms with Crippen LogP contribution in [0, 0.1) is 0 Å². The first-order chi connectivity index (χ1) is 16.8. The first kappa shape index (κ1) is 28.1. The second-order valence-corrected chi connectivity index (χ2v) is 10.6. The number of aliphatic hydroxyl groups is 1. The van der Waals surface area contributed by atoms with Gasteiger partial charge >= 0.3 is 19.7 Å². The Balaban J connectivity index is 1.76. The van der Waals surface area contributed by atoms with Gasteiger partial charge in [-0.1, -0.05) is 36.4 Å². The lowest BCUT2D eigenvalue weighted by Crippen LogP contribution is -2.52. The van der Waals surface area contributed by atoms with Crippen molar-refractivity contribution in [2.45, 2.75) is 56.5 Å². The highest BCUT2D eigenvalue weighted by Gasteiger charge is 2.60. The molecule has 198 valence electrons. The second kappa shape index (κ2) is 11.3. The normalized spacial score (nSPS) is 28.5. The van der Waals surface area contributed by atoms with Crippen molar-refractivity contribution < 1.29 is 42.2 Å². The highest BCUT2D eigenvalue weighted by Crippen LogP contribution is 2.47. The molecule has 0 radical (unpaired) electrons. The zero-order valence-electron chi connectivity index (χ0n) is 19.8. The fraction of sp³-hybridized carbons (Fsp3) is 0.455. The number of rotatable bonds is 10. The Hall–Kier alpha value is -2.47. The predicted molar refractivity (Wildman–Crippen MR) is 127 cm³/mol. The summed E-state index contributed by atoms with van der Waals surface area (Å²) in [6.45, 7) is 7.59. The molecule has 1 saturated heterocycles. The third kappa shape index (κ3) is 6.64. The van der Waals surface area contributed by atoms with Crippen LogP contribution in [0.1, 0.15) is 20.8 Å². The lowest BCUT2D eigenvalue weighted by atomic mass is 10.1. The summed E-state index contributed by atoms with van der Waals surface area (Å²) < 4.78 is 50.4. The molecule has 6 atom stereocenters. The molecule has 0 spiro atoms. The van der Waals surface area contributed by atoms with E-state index in [1.807, 2.05) is 0 Å². The van der Waals surface area contributed by atoms with E-state index >= 15 is 4.39 Å². The average Bonchev–Trinajstić information content (AvgIpc) is 3.01. The molecule has 1 aromatic carbocycles. The molecule has 36 heavy (non-hydrogen) atoms. The monoisotopic (exact) mass is 547 g/mol. The van der Waals surface area contributed by atoms with Gasteiger partial charge in [0, 0.05) is 11.9 Å². The minimum atomic E-state index is -4.31. The number of para-hydroxylation sites is 1. The molecule has 0 aromatic heterocycles. The number of nitrogens with zero attached hydrogens (tertiary/aromatic N) is 1. The van der Waals surface area contributed by atoms with Gasteiger partial charge in [-0.25, -0.2) is 13.8 Å². The molecule has 2 aliphatic heterocycles. The minimum absolute atomic E-state index is 0.149. The van der Waals surface area contributed by atoms with E-state index in [0.717, 1.165) is 4.90 Å². The summed E-state index contributed by atoms with van der Waals surface area (Å²) in [6, 6.07) is 6.08. The van der Waals surface area contributed by atoms with Gasteiger partial charge in [0.25, 0.3) is 5.13 Å². The molecular formula is C22H28ClFN3O8P. The fourth-order valence-corrected chi connectivity index (χ4v) is 5.08. The number of hydrogen-bond donors (Lipinski definition) is 3. The highest BCUT2D eigenvalue weighted by atomic mass is 35.5. The maximum Gasteiger partial charge on any atom is 0.459 e. The Morgan fingerprint density at radius 3 is 2.67 bits per heavy atom. The first-order valence-corrected chi connectivity index (χ1v) is 12.9. The summed E-state index contributed by atoms with van der Waals surface area (Å²) in [5.74, 6) is -0.563. The van der Waals surface area contributed by atoms with Crippen LogP contribution in [0.5, 0.6) is 5.75 Å².